The summed E-state index contributed by atoms with van der Waals surface area (Å²) in [6.45, 7) is 6.64. The molecule has 16 heavy (non-hydrogen) atoms. The van der Waals surface area contributed by atoms with Crippen LogP contribution < -0.4 is 10.6 Å². The van der Waals surface area contributed by atoms with E-state index in [4.69, 9.17) is 0 Å². The smallest absolute Gasteiger partial charge is 0.0212 e. The monoisotopic (exact) mass is 216 g/mol. The van der Waals surface area contributed by atoms with Gasteiger partial charge >= 0.3 is 0 Å². The van der Waals surface area contributed by atoms with Crippen LogP contribution in [0.5, 0.6) is 0 Å². The quantitative estimate of drug-likeness (QED) is 0.805. The van der Waals surface area contributed by atoms with E-state index < -0.39 is 0 Å². The van der Waals surface area contributed by atoms with Gasteiger partial charge < -0.3 is 10.6 Å². The van der Waals surface area contributed by atoms with Gasteiger partial charge in [-0.3, -0.25) is 0 Å². The molecular weight excluding hydrogens is 196 g/mol. The SMILES string of the molecule is CC1CC1CNCc1ccc2c(c1)CNC2. The van der Waals surface area contributed by atoms with E-state index >= 15 is 0 Å². The molecule has 0 spiro atoms. The highest BCUT2D eigenvalue weighted by Gasteiger charge is 2.31. The zero-order valence-corrected chi connectivity index (χ0v) is 9.92. The third kappa shape index (κ3) is 2.13. The molecule has 0 saturated heterocycles. The average Bonchev–Trinajstić information content (AvgIpc) is 2.80. The Labute approximate surface area is 97.4 Å². The third-order valence-corrected chi connectivity index (χ3v) is 3.91. The van der Waals surface area contributed by atoms with Crippen LogP contribution in [0.2, 0.25) is 0 Å². The first-order valence-corrected chi connectivity index (χ1v) is 6.35. The molecule has 86 valence electrons. The standard InChI is InChI=1S/C14H20N2/c1-10-4-13(10)8-15-6-11-2-3-12-7-16-9-14(12)5-11/h2-3,5,10,13,15-16H,4,6-9H2,1H3. The van der Waals surface area contributed by atoms with E-state index in [0.717, 1.165) is 31.5 Å². The first-order chi connectivity index (χ1) is 7.83. The molecule has 0 amide bonds. The van der Waals surface area contributed by atoms with Gasteiger partial charge in [-0.15, -0.1) is 0 Å². The Kier molecular flexibility index (Phi) is 2.70. The molecule has 2 heteroatoms. The van der Waals surface area contributed by atoms with Gasteiger partial charge in [-0.1, -0.05) is 25.1 Å². The third-order valence-electron chi connectivity index (χ3n) is 3.91. The van der Waals surface area contributed by atoms with E-state index in [-0.39, 0.29) is 0 Å². The maximum atomic E-state index is 3.56. The average molecular weight is 216 g/mol. The van der Waals surface area contributed by atoms with Crippen LogP contribution in [0.15, 0.2) is 18.2 Å². The minimum atomic E-state index is 0.941. The van der Waals surface area contributed by atoms with Crippen LogP contribution in [0.4, 0.5) is 0 Å². The Balaban J connectivity index is 1.54. The van der Waals surface area contributed by atoms with Gasteiger partial charge in [0.25, 0.3) is 0 Å². The van der Waals surface area contributed by atoms with Crippen molar-refractivity contribution < 1.29 is 0 Å². The van der Waals surface area contributed by atoms with Crippen molar-refractivity contribution in [3.8, 4) is 0 Å². The van der Waals surface area contributed by atoms with E-state index in [0.29, 0.717) is 0 Å². The molecule has 1 aliphatic heterocycles. The Morgan fingerprint density at radius 3 is 2.94 bits per heavy atom. The Bertz CT molecular complexity index is 386. The fourth-order valence-electron chi connectivity index (χ4n) is 2.54. The van der Waals surface area contributed by atoms with Crippen molar-refractivity contribution in [1.82, 2.24) is 10.6 Å². The van der Waals surface area contributed by atoms with Crippen LogP contribution >= 0.6 is 0 Å². The molecule has 1 heterocycles. The maximum absolute atomic E-state index is 3.56. The molecule has 2 atom stereocenters. The molecule has 0 aromatic heterocycles. The number of hydrogen-bond donors (Lipinski definition) is 2. The van der Waals surface area contributed by atoms with Crippen LogP contribution in [0.3, 0.4) is 0 Å². The molecule has 2 aliphatic rings. The second-order valence-corrected chi connectivity index (χ2v) is 5.31. The highest BCUT2D eigenvalue weighted by Crippen LogP contribution is 2.36. The zero-order valence-electron chi connectivity index (χ0n) is 9.92. The molecule has 1 aromatic rings. The number of rotatable bonds is 4. The van der Waals surface area contributed by atoms with Gasteiger partial charge in [-0.2, -0.15) is 0 Å². The molecule has 1 aliphatic carbocycles. The van der Waals surface area contributed by atoms with Crippen molar-refractivity contribution in [3.63, 3.8) is 0 Å². The second kappa shape index (κ2) is 4.19. The van der Waals surface area contributed by atoms with Gasteiger partial charge in [-0.05, 0) is 41.5 Å². The number of benzene rings is 1. The lowest BCUT2D eigenvalue weighted by Gasteiger charge is -2.06. The highest BCUT2D eigenvalue weighted by molar-refractivity contribution is 5.34. The van der Waals surface area contributed by atoms with Crippen LogP contribution in [-0.2, 0) is 19.6 Å². The molecule has 1 saturated carbocycles. The van der Waals surface area contributed by atoms with E-state index in [2.05, 4.69) is 35.8 Å². The van der Waals surface area contributed by atoms with E-state index in [1.54, 1.807) is 0 Å². The van der Waals surface area contributed by atoms with Crippen LogP contribution in [-0.4, -0.2) is 6.54 Å². The van der Waals surface area contributed by atoms with E-state index in [9.17, 15) is 0 Å². The van der Waals surface area contributed by atoms with E-state index in [1.165, 1.54) is 29.7 Å². The largest absolute Gasteiger partial charge is 0.312 e. The summed E-state index contributed by atoms with van der Waals surface area (Å²) in [6, 6.07) is 6.87. The molecule has 2 N–H and O–H groups in total. The molecule has 3 rings (SSSR count). The van der Waals surface area contributed by atoms with Crippen molar-refractivity contribution in [2.24, 2.45) is 11.8 Å². The zero-order chi connectivity index (χ0) is 11.0. The predicted octanol–water partition coefficient (Wildman–Crippen LogP) is 2.04. The molecule has 2 nitrogen and oxygen atoms in total. The first kappa shape index (κ1) is 10.3. The summed E-state index contributed by atoms with van der Waals surface area (Å²) in [5.74, 6) is 1.90. The van der Waals surface area contributed by atoms with Gasteiger partial charge in [0.15, 0.2) is 0 Å². The molecule has 0 bridgehead atoms. The van der Waals surface area contributed by atoms with Crippen LogP contribution in [0, 0.1) is 11.8 Å². The first-order valence-electron chi connectivity index (χ1n) is 6.35. The maximum Gasteiger partial charge on any atom is 0.0212 e. The molecule has 0 radical (unpaired) electrons. The van der Waals surface area contributed by atoms with Crippen molar-refractivity contribution in [3.05, 3.63) is 34.9 Å². The van der Waals surface area contributed by atoms with Crippen molar-refractivity contribution in [2.45, 2.75) is 33.0 Å². The van der Waals surface area contributed by atoms with Crippen molar-refractivity contribution >= 4 is 0 Å². The summed E-state index contributed by atoms with van der Waals surface area (Å²) < 4.78 is 0. The fraction of sp³-hybridized carbons (Fsp3) is 0.571. The highest BCUT2D eigenvalue weighted by atomic mass is 14.9. The summed E-state index contributed by atoms with van der Waals surface area (Å²) in [7, 11) is 0. The second-order valence-electron chi connectivity index (χ2n) is 5.31. The van der Waals surface area contributed by atoms with Gasteiger partial charge in [-0.25, -0.2) is 0 Å². The normalized spacial score (nSPS) is 26.8. The molecule has 2 unspecified atom stereocenters. The van der Waals surface area contributed by atoms with Gasteiger partial charge in [0, 0.05) is 19.6 Å². The summed E-state index contributed by atoms with van der Waals surface area (Å²) >= 11 is 0. The van der Waals surface area contributed by atoms with Crippen molar-refractivity contribution in [2.75, 3.05) is 6.54 Å². The number of hydrogen-bond acceptors (Lipinski definition) is 2. The van der Waals surface area contributed by atoms with Crippen molar-refractivity contribution in [1.29, 1.82) is 0 Å². The summed E-state index contributed by atoms with van der Waals surface area (Å²) in [4.78, 5) is 0. The summed E-state index contributed by atoms with van der Waals surface area (Å²) in [5, 5.41) is 6.95. The summed E-state index contributed by atoms with van der Waals surface area (Å²) in [6.07, 6.45) is 1.42. The fourth-order valence-corrected chi connectivity index (χ4v) is 2.54. The van der Waals surface area contributed by atoms with E-state index in [1.807, 2.05) is 0 Å². The molecule has 1 fully saturated rings. The molecular formula is C14H20N2. The summed E-state index contributed by atoms with van der Waals surface area (Å²) in [5.41, 5.74) is 4.38. The van der Waals surface area contributed by atoms with Gasteiger partial charge in [0.05, 0.1) is 0 Å². The van der Waals surface area contributed by atoms with Gasteiger partial charge in [0.2, 0.25) is 0 Å². The minimum absolute atomic E-state index is 0.941. The lowest BCUT2D eigenvalue weighted by atomic mass is 10.1. The Morgan fingerprint density at radius 1 is 1.31 bits per heavy atom. The minimum Gasteiger partial charge on any atom is -0.312 e. The lowest BCUT2D eigenvalue weighted by molar-refractivity contribution is 0.611. The lowest BCUT2D eigenvalue weighted by Crippen LogP contribution is -2.16. The topological polar surface area (TPSA) is 24.1 Å². The Morgan fingerprint density at radius 2 is 2.12 bits per heavy atom. The Hall–Kier alpha value is -0.860. The predicted molar refractivity (Wildman–Crippen MR) is 66.0 cm³/mol. The molecule has 1 aromatic carbocycles. The number of fused-ring (bicyclic) bond motifs is 1. The van der Waals surface area contributed by atoms with Crippen LogP contribution in [0.25, 0.3) is 0 Å². The number of nitrogens with one attached hydrogen (secondary N) is 2. The van der Waals surface area contributed by atoms with Gasteiger partial charge in [0.1, 0.15) is 0 Å². The van der Waals surface area contributed by atoms with Crippen LogP contribution in [0.1, 0.15) is 30.0 Å².